The Morgan fingerprint density at radius 1 is 1.21 bits per heavy atom. The molecule has 0 spiro atoms. The standard InChI is InChI=1S/C7H13O6P.H3O4P/c1-5(2)7(8)13-6(3)4-12-14(9,10)11;1-5(2,3)4/h6H,1,4H2,2-3H3,(H2,9,10,11);(H3,1,2,3,4). The highest BCUT2D eigenvalue weighted by Gasteiger charge is 2.18. The average molecular weight is 322 g/mol. The van der Waals surface area contributed by atoms with Gasteiger partial charge in [-0.2, -0.15) is 0 Å². The summed E-state index contributed by atoms with van der Waals surface area (Å²) in [5.74, 6) is -0.619. The first-order chi connectivity index (χ1) is 8.22. The second-order valence-corrected chi connectivity index (χ2v) is 5.56. The molecule has 5 N–H and O–H groups in total. The lowest BCUT2D eigenvalue weighted by molar-refractivity contribution is -0.144. The van der Waals surface area contributed by atoms with Crippen molar-refractivity contribution in [1.82, 2.24) is 0 Å². The number of hydrogen-bond donors (Lipinski definition) is 5. The lowest BCUT2D eigenvalue weighted by atomic mass is 10.3. The number of ether oxygens (including phenoxy) is 1. The Bertz CT molecular complexity index is 384. The molecule has 0 amide bonds. The fourth-order valence-corrected chi connectivity index (χ4v) is 0.924. The van der Waals surface area contributed by atoms with Crippen LogP contribution < -0.4 is 0 Å². The van der Waals surface area contributed by atoms with E-state index < -0.39 is 27.7 Å². The predicted molar refractivity (Wildman–Crippen MR) is 62.6 cm³/mol. The molecule has 0 aromatic carbocycles. The summed E-state index contributed by atoms with van der Waals surface area (Å²) < 4.78 is 28.0. The van der Waals surface area contributed by atoms with Gasteiger partial charge in [0.1, 0.15) is 6.10 Å². The molecule has 0 aliphatic rings. The van der Waals surface area contributed by atoms with E-state index in [1.54, 1.807) is 0 Å². The number of phosphoric ester groups is 1. The molecular weight excluding hydrogens is 306 g/mol. The first-order valence-corrected chi connectivity index (χ1v) is 7.66. The van der Waals surface area contributed by atoms with Crippen LogP contribution in [-0.2, 0) is 23.2 Å². The first-order valence-electron chi connectivity index (χ1n) is 4.57. The zero-order chi connectivity index (χ0) is 15.9. The molecule has 0 aromatic rings. The van der Waals surface area contributed by atoms with Gasteiger partial charge in [-0.05, 0) is 13.8 Å². The van der Waals surface area contributed by atoms with Crippen LogP contribution in [0.15, 0.2) is 12.2 Å². The van der Waals surface area contributed by atoms with Crippen LogP contribution in [0.1, 0.15) is 13.8 Å². The Hall–Kier alpha value is -0.570. The van der Waals surface area contributed by atoms with Crippen LogP contribution >= 0.6 is 15.6 Å². The molecule has 0 rings (SSSR count). The average Bonchev–Trinajstić information content (AvgIpc) is 2.10. The molecular formula is C7H16O10P2. The van der Waals surface area contributed by atoms with Crippen LogP contribution in [0.4, 0.5) is 0 Å². The maximum absolute atomic E-state index is 10.9. The Labute approximate surface area is 109 Å². The SMILES string of the molecule is C=C(C)C(=O)OC(C)COP(=O)(O)O.O=P(O)(O)O. The third-order valence-electron chi connectivity index (χ3n) is 1.13. The van der Waals surface area contributed by atoms with Gasteiger partial charge in [-0.25, -0.2) is 13.9 Å². The number of phosphoric acid groups is 2. The van der Waals surface area contributed by atoms with E-state index in [0.29, 0.717) is 0 Å². The Kier molecular flexibility index (Phi) is 9.36. The quantitative estimate of drug-likeness (QED) is 0.256. The third kappa shape index (κ3) is 23.0. The van der Waals surface area contributed by atoms with Gasteiger partial charge in [-0.15, -0.1) is 0 Å². The zero-order valence-corrected chi connectivity index (χ0v) is 12.0. The highest BCUT2D eigenvalue weighted by Crippen LogP contribution is 2.35. The van der Waals surface area contributed by atoms with E-state index in [0.717, 1.165) is 0 Å². The molecule has 19 heavy (non-hydrogen) atoms. The number of hydrogen-bond acceptors (Lipinski definition) is 5. The van der Waals surface area contributed by atoms with E-state index in [4.69, 9.17) is 33.8 Å². The summed E-state index contributed by atoms with van der Waals surface area (Å²) in [7, 11) is -9.14. The normalized spacial score (nSPS) is 13.0. The zero-order valence-electron chi connectivity index (χ0n) is 10.2. The van der Waals surface area contributed by atoms with Crippen molar-refractivity contribution in [2.45, 2.75) is 20.0 Å². The number of carbonyl (C=O) groups is 1. The van der Waals surface area contributed by atoms with Crippen LogP contribution in [0.2, 0.25) is 0 Å². The van der Waals surface area contributed by atoms with E-state index in [-0.39, 0.29) is 12.2 Å². The smallest absolute Gasteiger partial charge is 0.457 e. The molecule has 0 saturated heterocycles. The lowest BCUT2D eigenvalue weighted by Crippen LogP contribution is -2.20. The van der Waals surface area contributed by atoms with Crippen LogP contribution in [0.25, 0.3) is 0 Å². The van der Waals surface area contributed by atoms with Gasteiger partial charge < -0.3 is 29.2 Å². The van der Waals surface area contributed by atoms with Crippen molar-refractivity contribution in [2.75, 3.05) is 6.61 Å². The van der Waals surface area contributed by atoms with Crippen molar-refractivity contribution in [1.29, 1.82) is 0 Å². The van der Waals surface area contributed by atoms with Gasteiger partial charge in [0, 0.05) is 5.57 Å². The highest BCUT2D eigenvalue weighted by molar-refractivity contribution is 7.46. The molecule has 0 heterocycles. The van der Waals surface area contributed by atoms with Gasteiger partial charge >= 0.3 is 21.6 Å². The van der Waals surface area contributed by atoms with Crippen molar-refractivity contribution in [2.24, 2.45) is 0 Å². The van der Waals surface area contributed by atoms with Gasteiger partial charge in [-0.1, -0.05) is 6.58 Å². The monoisotopic (exact) mass is 322 g/mol. The maximum atomic E-state index is 10.9. The lowest BCUT2D eigenvalue weighted by Gasteiger charge is -2.13. The van der Waals surface area contributed by atoms with Crippen LogP contribution in [-0.4, -0.2) is 43.1 Å². The van der Waals surface area contributed by atoms with Gasteiger partial charge in [0.15, 0.2) is 0 Å². The van der Waals surface area contributed by atoms with Crippen molar-refractivity contribution in [3.63, 3.8) is 0 Å². The molecule has 1 atom stereocenters. The second-order valence-electron chi connectivity index (χ2n) is 3.30. The summed E-state index contributed by atoms with van der Waals surface area (Å²) in [4.78, 5) is 49.2. The van der Waals surface area contributed by atoms with E-state index in [1.807, 2.05) is 0 Å². The molecule has 0 aromatic heterocycles. The molecule has 0 bridgehead atoms. The minimum atomic E-state index is -4.64. The van der Waals surface area contributed by atoms with Crippen LogP contribution in [0, 0.1) is 0 Å². The molecule has 12 heteroatoms. The molecule has 1 unspecified atom stereocenters. The summed E-state index contributed by atoms with van der Waals surface area (Å²) >= 11 is 0. The number of esters is 1. The van der Waals surface area contributed by atoms with Crippen molar-refractivity contribution < 1.29 is 47.7 Å². The number of carbonyl (C=O) groups excluding carboxylic acids is 1. The molecule has 0 aliphatic heterocycles. The van der Waals surface area contributed by atoms with Gasteiger partial charge in [0.25, 0.3) is 0 Å². The third-order valence-corrected chi connectivity index (χ3v) is 1.62. The Morgan fingerprint density at radius 2 is 1.58 bits per heavy atom. The van der Waals surface area contributed by atoms with E-state index in [2.05, 4.69) is 11.1 Å². The van der Waals surface area contributed by atoms with Crippen LogP contribution in [0.3, 0.4) is 0 Å². The largest absolute Gasteiger partial charge is 0.469 e. The fraction of sp³-hybridized carbons (Fsp3) is 0.571. The fourth-order valence-electron chi connectivity index (χ4n) is 0.519. The first kappa shape index (κ1) is 20.7. The molecule has 0 radical (unpaired) electrons. The Morgan fingerprint density at radius 3 is 1.84 bits per heavy atom. The topological polar surface area (TPSA) is 171 Å². The summed E-state index contributed by atoms with van der Waals surface area (Å²) in [5, 5.41) is 0. The summed E-state index contributed by atoms with van der Waals surface area (Å²) in [6.45, 7) is 5.92. The molecule has 0 saturated carbocycles. The van der Waals surface area contributed by atoms with Gasteiger partial charge in [0.05, 0.1) is 6.61 Å². The maximum Gasteiger partial charge on any atom is 0.469 e. The molecule has 0 fully saturated rings. The van der Waals surface area contributed by atoms with Gasteiger partial charge in [-0.3, -0.25) is 4.52 Å². The molecule has 10 nitrogen and oxygen atoms in total. The second kappa shape index (κ2) is 8.57. The summed E-state index contributed by atoms with van der Waals surface area (Å²) in [6, 6.07) is 0. The van der Waals surface area contributed by atoms with Crippen molar-refractivity contribution in [3.05, 3.63) is 12.2 Å². The van der Waals surface area contributed by atoms with Crippen molar-refractivity contribution in [3.8, 4) is 0 Å². The molecule has 0 aliphatic carbocycles. The summed E-state index contributed by atoms with van der Waals surface area (Å²) in [5.41, 5.74) is 0.216. The van der Waals surface area contributed by atoms with Crippen molar-refractivity contribution >= 4 is 21.6 Å². The minimum absolute atomic E-state index is 0.216. The van der Waals surface area contributed by atoms with E-state index >= 15 is 0 Å². The van der Waals surface area contributed by atoms with Gasteiger partial charge in [0.2, 0.25) is 0 Å². The summed E-state index contributed by atoms with van der Waals surface area (Å²) in [6.07, 6.45) is -0.730. The minimum Gasteiger partial charge on any atom is -0.457 e. The Balaban J connectivity index is 0. The van der Waals surface area contributed by atoms with Crippen LogP contribution in [0.5, 0.6) is 0 Å². The number of rotatable bonds is 5. The van der Waals surface area contributed by atoms with E-state index in [9.17, 15) is 9.36 Å². The molecule has 114 valence electrons. The highest BCUT2D eigenvalue weighted by atomic mass is 31.2. The predicted octanol–water partition coefficient (Wildman–Crippen LogP) is -0.325. The van der Waals surface area contributed by atoms with E-state index in [1.165, 1.54) is 13.8 Å².